The summed E-state index contributed by atoms with van der Waals surface area (Å²) in [5, 5.41) is 10.5. The highest BCUT2D eigenvalue weighted by molar-refractivity contribution is 8.00. The first-order chi connectivity index (χ1) is 14.5. The fourth-order valence-corrected chi connectivity index (χ4v) is 5.63. The van der Waals surface area contributed by atoms with E-state index >= 15 is 0 Å². The number of rotatable bonds is 5. The predicted molar refractivity (Wildman–Crippen MR) is 122 cm³/mol. The Morgan fingerprint density at radius 3 is 2.77 bits per heavy atom. The van der Waals surface area contributed by atoms with Gasteiger partial charge in [-0.15, -0.1) is 0 Å². The molecule has 1 aliphatic rings. The summed E-state index contributed by atoms with van der Waals surface area (Å²) in [7, 11) is 1.95. The maximum atomic E-state index is 13.2. The summed E-state index contributed by atoms with van der Waals surface area (Å²) in [6, 6.07) is 12.7. The van der Waals surface area contributed by atoms with Crippen molar-refractivity contribution in [2.45, 2.75) is 68.7 Å². The van der Waals surface area contributed by atoms with Gasteiger partial charge in [-0.1, -0.05) is 50.1 Å². The molecule has 0 radical (unpaired) electrons. The summed E-state index contributed by atoms with van der Waals surface area (Å²) >= 11 is 1.56. The average Bonchev–Trinajstić information content (AvgIpc) is 3.18. The Hall–Kier alpha value is -2.52. The van der Waals surface area contributed by atoms with Crippen molar-refractivity contribution in [3.8, 4) is 6.07 Å². The van der Waals surface area contributed by atoms with Gasteiger partial charge < -0.3 is 4.90 Å². The molecule has 4 rings (SSSR count). The smallest absolute Gasteiger partial charge is 0.235 e. The zero-order valence-electron chi connectivity index (χ0n) is 17.9. The van der Waals surface area contributed by atoms with Crippen molar-refractivity contribution in [2.75, 3.05) is 7.05 Å². The number of thioether (sulfide) groups is 1. The van der Waals surface area contributed by atoms with Gasteiger partial charge in [0.25, 0.3) is 0 Å². The lowest BCUT2D eigenvalue weighted by Gasteiger charge is -2.32. The van der Waals surface area contributed by atoms with Crippen LogP contribution >= 0.6 is 11.8 Å². The molecule has 3 aromatic rings. The summed E-state index contributed by atoms with van der Waals surface area (Å²) in [6.07, 6.45) is 6.65. The van der Waals surface area contributed by atoms with Crippen molar-refractivity contribution in [1.82, 2.24) is 14.3 Å². The van der Waals surface area contributed by atoms with Gasteiger partial charge in [-0.2, -0.15) is 5.26 Å². The summed E-state index contributed by atoms with van der Waals surface area (Å²) < 4.78 is 2.04. The molecule has 156 valence electrons. The Morgan fingerprint density at radius 2 is 2.07 bits per heavy atom. The second-order valence-corrected chi connectivity index (χ2v) is 9.47. The molecule has 1 saturated carbocycles. The molecule has 0 bridgehead atoms. The number of imidazole rings is 1. The third kappa shape index (κ3) is 3.67. The van der Waals surface area contributed by atoms with Crippen LogP contribution in [-0.2, 0) is 11.2 Å². The number of hydrogen-bond acceptors (Lipinski definition) is 4. The quantitative estimate of drug-likeness (QED) is 0.533. The summed E-state index contributed by atoms with van der Waals surface area (Å²) in [5.41, 5.74) is 4.11. The number of nitrogens with zero attached hydrogens (tertiary/aromatic N) is 4. The minimum atomic E-state index is -0.209. The molecule has 2 heterocycles. The molecule has 1 aliphatic carbocycles. The fraction of sp³-hybridized carbons (Fsp3) is 0.458. The fourth-order valence-electron chi connectivity index (χ4n) is 4.50. The minimum Gasteiger partial charge on any atom is -0.342 e. The predicted octanol–water partition coefficient (Wildman–Crippen LogP) is 5.19. The molecule has 0 N–H and O–H groups in total. The van der Waals surface area contributed by atoms with Gasteiger partial charge in [0.05, 0.1) is 26.9 Å². The molecule has 0 aliphatic heterocycles. The molecule has 1 amide bonds. The van der Waals surface area contributed by atoms with Crippen molar-refractivity contribution < 1.29 is 4.79 Å². The molecule has 1 fully saturated rings. The van der Waals surface area contributed by atoms with E-state index in [0.29, 0.717) is 17.3 Å². The molecule has 6 heteroatoms. The Kier molecular flexibility index (Phi) is 6.01. The van der Waals surface area contributed by atoms with Gasteiger partial charge in [0.2, 0.25) is 5.91 Å². The van der Waals surface area contributed by atoms with Gasteiger partial charge in [-0.25, -0.2) is 4.98 Å². The normalized spacial score (nSPS) is 15.9. The Labute approximate surface area is 182 Å². The summed E-state index contributed by atoms with van der Waals surface area (Å²) in [6.45, 7) is 4.04. The van der Waals surface area contributed by atoms with Gasteiger partial charge in [-0.05, 0) is 49.9 Å². The number of para-hydroxylation sites is 2. The lowest BCUT2D eigenvalue weighted by molar-refractivity contribution is -0.131. The van der Waals surface area contributed by atoms with E-state index in [-0.39, 0.29) is 11.2 Å². The molecule has 1 atom stereocenters. The van der Waals surface area contributed by atoms with Gasteiger partial charge in [-0.3, -0.25) is 9.20 Å². The summed E-state index contributed by atoms with van der Waals surface area (Å²) in [5.74, 6) is 0.173. The van der Waals surface area contributed by atoms with Gasteiger partial charge >= 0.3 is 0 Å². The van der Waals surface area contributed by atoms with E-state index in [9.17, 15) is 10.1 Å². The number of fused-ring (bicyclic) bond motifs is 3. The van der Waals surface area contributed by atoms with Crippen LogP contribution in [0.2, 0.25) is 0 Å². The zero-order valence-corrected chi connectivity index (χ0v) is 18.7. The number of pyridine rings is 1. The number of aromatic nitrogens is 2. The zero-order chi connectivity index (χ0) is 21.3. The van der Waals surface area contributed by atoms with Gasteiger partial charge in [0, 0.05) is 13.1 Å². The molecular weight excluding hydrogens is 392 g/mol. The van der Waals surface area contributed by atoms with Crippen LogP contribution in [0.3, 0.4) is 0 Å². The number of benzene rings is 1. The number of aryl methyl sites for hydroxylation is 1. The summed E-state index contributed by atoms with van der Waals surface area (Å²) in [4.78, 5) is 19.9. The molecular formula is C24H28N4OS. The Balaban J connectivity index is 1.73. The van der Waals surface area contributed by atoms with E-state index in [1.807, 2.05) is 47.5 Å². The SMILES string of the molecule is CCc1cc(S[C@H](C)C(=O)N(C)C2CCCCC2)n2c(nc3ccccc32)c1C#N. The third-order valence-electron chi connectivity index (χ3n) is 6.23. The monoisotopic (exact) mass is 420 g/mol. The molecule has 1 aromatic carbocycles. The highest BCUT2D eigenvalue weighted by Crippen LogP contribution is 2.33. The molecule has 5 nitrogen and oxygen atoms in total. The van der Waals surface area contributed by atoms with Crippen LogP contribution in [-0.4, -0.2) is 38.5 Å². The Morgan fingerprint density at radius 1 is 1.33 bits per heavy atom. The first-order valence-corrected chi connectivity index (χ1v) is 11.7. The lowest BCUT2D eigenvalue weighted by atomic mass is 9.94. The second kappa shape index (κ2) is 8.69. The Bertz CT molecular complexity index is 1120. The lowest BCUT2D eigenvalue weighted by Crippen LogP contribution is -2.42. The second-order valence-electron chi connectivity index (χ2n) is 8.11. The topological polar surface area (TPSA) is 61.4 Å². The maximum absolute atomic E-state index is 13.2. The van der Waals surface area contributed by atoms with Crippen molar-refractivity contribution in [3.63, 3.8) is 0 Å². The van der Waals surface area contributed by atoms with Crippen molar-refractivity contribution in [3.05, 3.63) is 41.5 Å². The largest absolute Gasteiger partial charge is 0.342 e. The molecule has 2 aromatic heterocycles. The number of amides is 1. The number of carbonyl (C=O) groups is 1. The minimum absolute atomic E-state index is 0.173. The van der Waals surface area contributed by atoms with E-state index in [0.717, 1.165) is 40.9 Å². The van der Waals surface area contributed by atoms with E-state index < -0.39 is 0 Å². The highest BCUT2D eigenvalue weighted by atomic mass is 32.2. The van der Waals surface area contributed by atoms with Crippen molar-refractivity contribution >= 4 is 34.3 Å². The maximum Gasteiger partial charge on any atom is 0.235 e. The van der Waals surface area contributed by atoms with E-state index in [1.54, 1.807) is 11.8 Å². The van der Waals surface area contributed by atoms with Crippen LogP contribution < -0.4 is 0 Å². The van der Waals surface area contributed by atoms with Crippen LogP contribution in [0, 0.1) is 11.3 Å². The van der Waals surface area contributed by atoms with Crippen LogP contribution in [0.4, 0.5) is 0 Å². The van der Waals surface area contributed by atoms with E-state index in [2.05, 4.69) is 19.1 Å². The third-order valence-corrected chi connectivity index (χ3v) is 7.33. The van der Waals surface area contributed by atoms with Crippen LogP contribution in [0.5, 0.6) is 0 Å². The van der Waals surface area contributed by atoms with Gasteiger partial charge in [0.1, 0.15) is 6.07 Å². The van der Waals surface area contributed by atoms with Crippen LogP contribution in [0.25, 0.3) is 16.7 Å². The molecule has 0 spiro atoms. The first kappa shape index (κ1) is 20.7. The number of carbonyl (C=O) groups excluding carboxylic acids is 1. The average molecular weight is 421 g/mol. The first-order valence-electron chi connectivity index (χ1n) is 10.8. The number of hydrogen-bond donors (Lipinski definition) is 0. The van der Waals surface area contributed by atoms with Crippen LogP contribution in [0.15, 0.2) is 35.4 Å². The van der Waals surface area contributed by atoms with Crippen LogP contribution in [0.1, 0.15) is 57.1 Å². The molecule has 0 unspecified atom stereocenters. The van der Waals surface area contributed by atoms with Crippen molar-refractivity contribution in [2.24, 2.45) is 0 Å². The number of nitriles is 1. The molecule has 0 saturated heterocycles. The van der Waals surface area contributed by atoms with Crippen molar-refractivity contribution in [1.29, 1.82) is 5.26 Å². The standard InChI is InChI=1S/C24H28N4OS/c1-4-17-14-22(30-16(2)24(29)27(3)18-10-6-5-7-11-18)28-21-13-9-8-12-20(21)26-23(28)19(17)15-25/h8-9,12-14,16,18H,4-7,10-11H2,1-3H3/t16-/m1/s1. The van der Waals surface area contributed by atoms with Gasteiger partial charge in [0.15, 0.2) is 5.65 Å². The van der Waals surface area contributed by atoms with E-state index in [1.165, 1.54) is 19.3 Å². The molecule has 30 heavy (non-hydrogen) atoms. The highest BCUT2D eigenvalue weighted by Gasteiger charge is 2.27. The van der Waals surface area contributed by atoms with E-state index in [4.69, 9.17) is 4.98 Å².